The summed E-state index contributed by atoms with van der Waals surface area (Å²) in [6.07, 6.45) is 2.13. The lowest BCUT2D eigenvalue weighted by atomic mass is 10.1. The van der Waals surface area contributed by atoms with Gasteiger partial charge in [-0.3, -0.25) is 5.10 Å². The molecular formula is C17H22N4. The second-order valence-electron chi connectivity index (χ2n) is 5.52. The highest BCUT2D eigenvalue weighted by molar-refractivity contribution is 5.37. The van der Waals surface area contributed by atoms with Crippen LogP contribution in [0.2, 0.25) is 0 Å². The first kappa shape index (κ1) is 15.3. The first-order chi connectivity index (χ1) is 10.1. The summed E-state index contributed by atoms with van der Waals surface area (Å²) in [5, 5.41) is 16.4. The molecule has 0 radical (unpaired) electrons. The third-order valence-corrected chi connectivity index (χ3v) is 3.83. The average molecular weight is 282 g/mol. The molecule has 0 aliphatic carbocycles. The number of benzene rings is 1. The lowest BCUT2D eigenvalue weighted by molar-refractivity contribution is 0.322. The van der Waals surface area contributed by atoms with Crippen LogP contribution in [0.15, 0.2) is 24.3 Å². The summed E-state index contributed by atoms with van der Waals surface area (Å²) in [5.74, 6) is 0. The molecule has 21 heavy (non-hydrogen) atoms. The van der Waals surface area contributed by atoms with E-state index in [1.165, 1.54) is 11.3 Å². The van der Waals surface area contributed by atoms with Gasteiger partial charge in [-0.05, 0) is 57.5 Å². The fourth-order valence-electron chi connectivity index (χ4n) is 2.61. The Kier molecular flexibility index (Phi) is 5.13. The number of nitriles is 1. The molecule has 1 aromatic carbocycles. The highest BCUT2D eigenvalue weighted by atomic mass is 15.1. The maximum Gasteiger partial charge on any atom is 0.0995 e. The summed E-state index contributed by atoms with van der Waals surface area (Å²) in [4.78, 5) is 2.26. The maximum absolute atomic E-state index is 9.11. The van der Waals surface area contributed by atoms with Crippen molar-refractivity contribution < 1.29 is 0 Å². The van der Waals surface area contributed by atoms with Gasteiger partial charge in [0.25, 0.3) is 0 Å². The fraction of sp³-hybridized carbons (Fsp3) is 0.412. The Morgan fingerprint density at radius 1 is 1.29 bits per heavy atom. The SMILES string of the molecule is Cc1n[nH]c(C)c1CCCN(C)Cc1ccccc1C#N. The highest BCUT2D eigenvalue weighted by Crippen LogP contribution is 2.13. The largest absolute Gasteiger partial charge is 0.302 e. The molecule has 2 rings (SSSR count). The molecule has 2 aromatic rings. The Balaban J connectivity index is 1.85. The molecule has 0 fully saturated rings. The van der Waals surface area contributed by atoms with Crippen molar-refractivity contribution in [3.63, 3.8) is 0 Å². The van der Waals surface area contributed by atoms with Gasteiger partial charge in [0.15, 0.2) is 0 Å². The predicted octanol–water partition coefficient (Wildman–Crippen LogP) is 2.96. The number of rotatable bonds is 6. The van der Waals surface area contributed by atoms with E-state index in [0.717, 1.165) is 42.8 Å². The van der Waals surface area contributed by atoms with Crippen molar-refractivity contribution in [2.75, 3.05) is 13.6 Å². The van der Waals surface area contributed by atoms with Crippen molar-refractivity contribution in [3.8, 4) is 6.07 Å². The van der Waals surface area contributed by atoms with Gasteiger partial charge in [-0.2, -0.15) is 10.4 Å². The minimum absolute atomic E-state index is 0.769. The van der Waals surface area contributed by atoms with Crippen molar-refractivity contribution in [2.24, 2.45) is 0 Å². The molecule has 0 bridgehead atoms. The van der Waals surface area contributed by atoms with Crippen LogP contribution in [0.1, 0.15) is 34.5 Å². The third kappa shape index (κ3) is 3.93. The molecule has 0 spiro atoms. The van der Waals surface area contributed by atoms with E-state index in [0.29, 0.717) is 0 Å². The van der Waals surface area contributed by atoms with Crippen LogP contribution in [0.5, 0.6) is 0 Å². The number of hydrogen-bond acceptors (Lipinski definition) is 3. The normalized spacial score (nSPS) is 10.8. The first-order valence-electron chi connectivity index (χ1n) is 7.28. The molecule has 4 nitrogen and oxygen atoms in total. The molecule has 1 aromatic heterocycles. The summed E-state index contributed by atoms with van der Waals surface area (Å²) in [5.41, 5.74) is 5.47. The standard InChI is InChI=1S/C17H22N4/c1-13-17(14(2)20-19-13)9-6-10-21(3)12-16-8-5-4-7-15(16)11-18/h4-5,7-8H,6,9-10,12H2,1-3H3,(H,19,20). The van der Waals surface area contributed by atoms with Gasteiger partial charge in [-0.15, -0.1) is 0 Å². The van der Waals surface area contributed by atoms with Crippen molar-refractivity contribution in [1.29, 1.82) is 5.26 Å². The number of hydrogen-bond donors (Lipinski definition) is 1. The Bertz CT molecular complexity index is 617. The lowest BCUT2D eigenvalue weighted by Crippen LogP contribution is -2.20. The molecule has 0 aliphatic heterocycles. The Morgan fingerprint density at radius 3 is 2.71 bits per heavy atom. The summed E-state index contributed by atoms with van der Waals surface area (Å²) < 4.78 is 0. The second kappa shape index (κ2) is 7.05. The molecule has 0 aliphatic rings. The van der Waals surface area contributed by atoms with Crippen molar-refractivity contribution in [1.82, 2.24) is 15.1 Å². The molecule has 1 N–H and O–H groups in total. The van der Waals surface area contributed by atoms with Crippen molar-refractivity contribution in [2.45, 2.75) is 33.2 Å². The van der Waals surface area contributed by atoms with E-state index >= 15 is 0 Å². The number of nitrogens with zero attached hydrogens (tertiary/aromatic N) is 3. The van der Waals surface area contributed by atoms with Crippen LogP contribution in [0.4, 0.5) is 0 Å². The van der Waals surface area contributed by atoms with E-state index in [1.54, 1.807) is 0 Å². The summed E-state index contributed by atoms with van der Waals surface area (Å²) in [6.45, 7) is 5.94. The van der Waals surface area contributed by atoms with Gasteiger partial charge < -0.3 is 4.90 Å². The molecule has 4 heteroatoms. The Labute approximate surface area is 126 Å². The van der Waals surface area contributed by atoms with Crippen LogP contribution in [0.25, 0.3) is 0 Å². The maximum atomic E-state index is 9.11. The minimum atomic E-state index is 0.769. The lowest BCUT2D eigenvalue weighted by Gasteiger charge is -2.17. The minimum Gasteiger partial charge on any atom is -0.302 e. The van der Waals surface area contributed by atoms with Crippen LogP contribution < -0.4 is 0 Å². The number of aromatic amines is 1. The number of nitrogens with one attached hydrogen (secondary N) is 1. The van der Waals surface area contributed by atoms with Gasteiger partial charge in [0, 0.05) is 12.2 Å². The number of aryl methyl sites for hydroxylation is 2. The molecule has 110 valence electrons. The molecular weight excluding hydrogens is 260 g/mol. The highest BCUT2D eigenvalue weighted by Gasteiger charge is 2.08. The van der Waals surface area contributed by atoms with E-state index in [9.17, 15) is 0 Å². The van der Waals surface area contributed by atoms with Crippen molar-refractivity contribution in [3.05, 3.63) is 52.3 Å². The van der Waals surface area contributed by atoms with Gasteiger partial charge in [-0.25, -0.2) is 0 Å². The van der Waals surface area contributed by atoms with E-state index < -0.39 is 0 Å². The smallest absolute Gasteiger partial charge is 0.0995 e. The molecule has 1 heterocycles. The van der Waals surface area contributed by atoms with Gasteiger partial charge in [-0.1, -0.05) is 18.2 Å². The molecule has 0 unspecified atom stereocenters. The van der Waals surface area contributed by atoms with Crippen LogP contribution in [0.3, 0.4) is 0 Å². The first-order valence-corrected chi connectivity index (χ1v) is 7.28. The number of aromatic nitrogens is 2. The fourth-order valence-corrected chi connectivity index (χ4v) is 2.61. The monoisotopic (exact) mass is 282 g/mol. The average Bonchev–Trinajstić information content (AvgIpc) is 2.79. The van der Waals surface area contributed by atoms with Gasteiger partial charge in [0.05, 0.1) is 17.3 Å². The molecule has 0 atom stereocenters. The quantitative estimate of drug-likeness (QED) is 0.886. The Morgan fingerprint density at radius 2 is 2.05 bits per heavy atom. The summed E-state index contributed by atoms with van der Waals surface area (Å²) in [7, 11) is 2.10. The zero-order chi connectivity index (χ0) is 15.2. The van der Waals surface area contributed by atoms with E-state index in [2.05, 4.69) is 35.1 Å². The van der Waals surface area contributed by atoms with Crippen molar-refractivity contribution >= 4 is 0 Å². The van der Waals surface area contributed by atoms with Crippen LogP contribution >= 0.6 is 0 Å². The topological polar surface area (TPSA) is 55.7 Å². The predicted molar refractivity (Wildman–Crippen MR) is 83.9 cm³/mol. The van der Waals surface area contributed by atoms with Crippen LogP contribution in [0, 0.1) is 25.2 Å². The summed E-state index contributed by atoms with van der Waals surface area (Å²) in [6, 6.07) is 10.1. The van der Waals surface area contributed by atoms with Gasteiger partial charge in [0.2, 0.25) is 0 Å². The van der Waals surface area contributed by atoms with E-state index in [1.807, 2.05) is 31.2 Å². The van der Waals surface area contributed by atoms with Crippen LogP contribution in [-0.2, 0) is 13.0 Å². The Hall–Kier alpha value is -2.12. The summed E-state index contributed by atoms with van der Waals surface area (Å²) >= 11 is 0. The van der Waals surface area contributed by atoms with Crippen LogP contribution in [-0.4, -0.2) is 28.7 Å². The van der Waals surface area contributed by atoms with Gasteiger partial charge in [0.1, 0.15) is 0 Å². The zero-order valence-electron chi connectivity index (χ0n) is 13.0. The third-order valence-electron chi connectivity index (χ3n) is 3.83. The van der Waals surface area contributed by atoms with E-state index in [-0.39, 0.29) is 0 Å². The molecule has 0 saturated carbocycles. The molecule has 0 amide bonds. The number of H-pyrrole nitrogens is 1. The van der Waals surface area contributed by atoms with E-state index in [4.69, 9.17) is 5.26 Å². The zero-order valence-corrected chi connectivity index (χ0v) is 13.0. The molecule has 0 saturated heterocycles. The van der Waals surface area contributed by atoms with Gasteiger partial charge >= 0.3 is 0 Å². The second-order valence-corrected chi connectivity index (χ2v) is 5.52.